The van der Waals surface area contributed by atoms with E-state index in [2.05, 4.69) is 10.6 Å². The fraction of sp³-hybridized carbons (Fsp3) is 0.333. The van der Waals surface area contributed by atoms with E-state index in [4.69, 9.17) is 4.74 Å². The molecule has 0 amide bonds. The van der Waals surface area contributed by atoms with E-state index in [1.807, 2.05) is 0 Å². The molecule has 0 aliphatic rings. The SMILES string of the molecule is CNCC(O)c1ccc(O)c(OC(CNC)c2ccc(O)c(O)c2)c1.Cl.Cl. The van der Waals surface area contributed by atoms with Gasteiger partial charge in [-0.25, -0.2) is 0 Å². The zero-order chi connectivity index (χ0) is 18.4. The Morgan fingerprint density at radius 2 is 1.41 bits per heavy atom. The third-order valence-corrected chi connectivity index (χ3v) is 3.80. The molecule has 0 saturated heterocycles. The summed E-state index contributed by atoms with van der Waals surface area (Å²) in [6.45, 7) is 0.781. The quantitative estimate of drug-likeness (QED) is 0.363. The van der Waals surface area contributed by atoms with Gasteiger partial charge in [0.1, 0.15) is 6.10 Å². The average molecular weight is 421 g/mol. The number of phenolic OH excluding ortho intramolecular Hbond substituents is 3. The monoisotopic (exact) mass is 420 g/mol. The van der Waals surface area contributed by atoms with Crippen LogP contribution in [0.15, 0.2) is 36.4 Å². The van der Waals surface area contributed by atoms with Crippen LogP contribution < -0.4 is 15.4 Å². The number of aliphatic hydroxyl groups is 1. The van der Waals surface area contributed by atoms with Gasteiger partial charge in [0, 0.05) is 13.1 Å². The van der Waals surface area contributed by atoms with Crippen molar-refractivity contribution in [2.24, 2.45) is 0 Å². The maximum absolute atomic E-state index is 10.1. The highest BCUT2D eigenvalue weighted by atomic mass is 35.5. The Balaban J connectivity index is 0.00000338. The van der Waals surface area contributed by atoms with Crippen LogP contribution in [0.5, 0.6) is 23.0 Å². The van der Waals surface area contributed by atoms with Crippen molar-refractivity contribution in [3.8, 4) is 23.0 Å². The number of aliphatic hydroxyl groups excluding tert-OH is 1. The normalized spacial score (nSPS) is 12.4. The first kappa shape index (κ1) is 25.1. The highest BCUT2D eigenvalue weighted by molar-refractivity contribution is 5.85. The Kier molecular flexibility index (Phi) is 10.9. The topological polar surface area (TPSA) is 114 Å². The fourth-order valence-electron chi connectivity index (χ4n) is 2.45. The summed E-state index contributed by atoms with van der Waals surface area (Å²) in [6.07, 6.45) is -1.24. The second-order valence-electron chi connectivity index (χ2n) is 5.71. The van der Waals surface area contributed by atoms with Gasteiger partial charge in [0.25, 0.3) is 0 Å². The number of ether oxygens (including phenoxy) is 1. The number of phenols is 3. The minimum atomic E-state index is -0.728. The van der Waals surface area contributed by atoms with Crippen molar-refractivity contribution in [1.82, 2.24) is 10.6 Å². The maximum atomic E-state index is 10.1. The van der Waals surface area contributed by atoms with Crippen LogP contribution in [-0.2, 0) is 0 Å². The first-order valence-corrected chi connectivity index (χ1v) is 7.95. The summed E-state index contributed by atoms with van der Waals surface area (Å²) in [5.41, 5.74) is 1.24. The third-order valence-electron chi connectivity index (χ3n) is 3.80. The van der Waals surface area contributed by atoms with Gasteiger partial charge in [-0.2, -0.15) is 0 Å². The van der Waals surface area contributed by atoms with Gasteiger partial charge < -0.3 is 35.8 Å². The van der Waals surface area contributed by atoms with Crippen LogP contribution in [0.1, 0.15) is 23.3 Å². The van der Waals surface area contributed by atoms with Gasteiger partial charge in [-0.05, 0) is 49.5 Å². The first-order valence-electron chi connectivity index (χ1n) is 7.95. The molecule has 2 unspecified atom stereocenters. The summed E-state index contributed by atoms with van der Waals surface area (Å²) >= 11 is 0. The van der Waals surface area contributed by atoms with Crippen molar-refractivity contribution in [2.45, 2.75) is 12.2 Å². The molecule has 0 spiro atoms. The van der Waals surface area contributed by atoms with Crippen molar-refractivity contribution in [2.75, 3.05) is 27.2 Å². The van der Waals surface area contributed by atoms with E-state index in [0.717, 1.165) is 0 Å². The van der Waals surface area contributed by atoms with Crippen LogP contribution in [0, 0.1) is 0 Å². The Labute approximate surface area is 170 Å². The molecule has 27 heavy (non-hydrogen) atoms. The van der Waals surface area contributed by atoms with Gasteiger partial charge in [-0.1, -0.05) is 12.1 Å². The number of halogens is 2. The lowest BCUT2D eigenvalue weighted by Gasteiger charge is -2.21. The lowest BCUT2D eigenvalue weighted by Crippen LogP contribution is -2.22. The van der Waals surface area contributed by atoms with Crippen molar-refractivity contribution in [3.05, 3.63) is 47.5 Å². The largest absolute Gasteiger partial charge is 0.504 e. The van der Waals surface area contributed by atoms with Crippen LogP contribution in [0.3, 0.4) is 0 Å². The van der Waals surface area contributed by atoms with Gasteiger partial charge in [-0.3, -0.25) is 0 Å². The smallest absolute Gasteiger partial charge is 0.162 e. The molecule has 0 fully saturated rings. The molecule has 152 valence electrons. The van der Waals surface area contributed by atoms with Crippen LogP contribution in [0.4, 0.5) is 0 Å². The molecular weight excluding hydrogens is 395 g/mol. The molecule has 7 nitrogen and oxygen atoms in total. The minimum absolute atomic E-state index is 0. The number of likely N-dealkylation sites (N-methyl/N-ethyl adjacent to an activating group) is 2. The Morgan fingerprint density at radius 1 is 0.815 bits per heavy atom. The molecule has 2 rings (SSSR count). The van der Waals surface area contributed by atoms with E-state index < -0.39 is 12.2 Å². The minimum Gasteiger partial charge on any atom is -0.504 e. The summed E-state index contributed by atoms with van der Waals surface area (Å²) in [4.78, 5) is 0. The van der Waals surface area contributed by atoms with Gasteiger partial charge >= 0.3 is 0 Å². The second kappa shape index (κ2) is 11.7. The molecule has 0 radical (unpaired) electrons. The molecule has 6 N–H and O–H groups in total. The number of nitrogens with one attached hydrogen (secondary N) is 2. The average Bonchev–Trinajstić information content (AvgIpc) is 2.59. The molecule has 0 aliphatic heterocycles. The molecule has 2 aromatic rings. The molecule has 0 bridgehead atoms. The van der Waals surface area contributed by atoms with E-state index >= 15 is 0 Å². The standard InChI is InChI=1S/C18H24N2O5.2ClH/c1-19-9-16(24)11-3-6-14(22)17(8-11)25-18(10-20-2)12-4-5-13(21)15(23)7-12;;/h3-8,16,18-24H,9-10H2,1-2H3;2*1H. The predicted octanol–water partition coefficient (Wildman–Crippen LogP) is 2.24. The van der Waals surface area contributed by atoms with Gasteiger partial charge in [0.15, 0.2) is 23.0 Å². The number of hydrogen-bond acceptors (Lipinski definition) is 7. The molecule has 2 aromatic carbocycles. The zero-order valence-corrected chi connectivity index (χ0v) is 16.7. The Hall–Kier alpha value is -1.90. The summed E-state index contributed by atoms with van der Waals surface area (Å²) < 4.78 is 5.90. The van der Waals surface area contributed by atoms with E-state index in [1.165, 1.54) is 18.2 Å². The third kappa shape index (κ3) is 6.64. The van der Waals surface area contributed by atoms with E-state index in [-0.39, 0.29) is 47.8 Å². The summed E-state index contributed by atoms with van der Waals surface area (Å²) in [6, 6.07) is 9.10. The van der Waals surface area contributed by atoms with Gasteiger partial charge in [0.05, 0.1) is 6.10 Å². The molecule has 0 aliphatic carbocycles. The van der Waals surface area contributed by atoms with Gasteiger partial charge in [-0.15, -0.1) is 24.8 Å². The van der Waals surface area contributed by atoms with Crippen LogP contribution in [0.2, 0.25) is 0 Å². The van der Waals surface area contributed by atoms with E-state index in [0.29, 0.717) is 24.2 Å². The van der Waals surface area contributed by atoms with Crippen molar-refractivity contribution in [1.29, 1.82) is 0 Å². The number of rotatable bonds is 8. The number of aromatic hydroxyl groups is 3. The lowest BCUT2D eigenvalue weighted by atomic mass is 10.1. The zero-order valence-electron chi connectivity index (χ0n) is 15.0. The number of hydrogen-bond donors (Lipinski definition) is 6. The van der Waals surface area contributed by atoms with E-state index in [9.17, 15) is 20.4 Å². The Bertz CT molecular complexity index is 718. The fourth-order valence-corrected chi connectivity index (χ4v) is 2.45. The molecule has 2 atom stereocenters. The summed E-state index contributed by atoms with van der Waals surface area (Å²) in [7, 11) is 3.49. The van der Waals surface area contributed by atoms with Gasteiger partial charge in [0.2, 0.25) is 0 Å². The highest BCUT2D eigenvalue weighted by Crippen LogP contribution is 2.34. The predicted molar refractivity (Wildman–Crippen MR) is 109 cm³/mol. The van der Waals surface area contributed by atoms with Crippen LogP contribution in [-0.4, -0.2) is 47.6 Å². The number of benzene rings is 2. The van der Waals surface area contributed by atoms with Crippen LogP contribution in [0.25, 0.3) is 0 Å². The van der Waals surface area contributed by atoms with Crippen molar-refractivity contribution < 1.29 is 25.2 Å². The van der Waals surface area contributed by atoms with E-state index in [1.54, 1.807) is 32.3 Å². The van der Waals surface area contributed by atoms with Crippen molar-refractivity contribution in [3.63, 3.8) is 0 Å². The molecule has 9 heteroatoms. The summed E-state index contributed by atoms with van der Waals surface area (Å²) in [5.74, 6) is -0.290. The summed E-state index contributed by atoms with van der Waals surface area (Å²) in [5, 5.41) is 45.2. The Morgan fingerprint density at radius 3 is 2.00 bits per heavy atom. The molecular formula is C18H26Cl2N2O5. The van der Waals surface area contributed by atoms with Crippen molar-refractivity contribution >= 4 is 24.8 Å². The van der Waals surface area contributed by atoms with Crippen LogP contribution >= 0.6 is 24.8 Å². The highest BCUT2D eigenvalue weighted by Gasteiger charge is 2.18. The molecule has 0 heterocycles. The molecule has 0 aromatic heterocycles. The lowest BCUT2D eigenvalue weighted by molar-refractivity contribution is 0.173. The first-order chi connectivity index (χ1) is 12.0. The maximum Gasteiger partial charge on any atom is 0.162 e. The molecule has 0 saturated carbocycles. The second-order valence-corrected chi connectivity index (χ2v) is 5.71.